The summed E-state index contributed by atoms with van der Waals surface area (Å²) in [7, 11) is 4.15. The van der Waals surface area contributed by atoms with Crippen molar-refractivity contribution in [3.8, 4) is 0 Å². The standard InChI is InChI=1S/C16H33N3O/c1-4-19(12-6-11-18(2)3)16(20)10-9-14-7-5-8-15(17)13-14/h14-15H,4-13,17H2,1-3H3. The van der Waals surface area contributed by atoms with Gasteiger partial charge in [0.1, 0.15) is 0 Å². The van der Waals surface area contributed by atoms with Gasteiger partial charge in [0.05, 0.1) is 0 Å². The summed E-state index contributed by atoms with van der Waals surface area (Å²) >= 11 is 0. The van der Waals surface area contributed by atoms with Gasteiger partial charge in [-0.05, 0) is 59.2 Å². The molecule has 0 aromatic carbocycles. The number of amides is 1. The molecular weight excluding hydrogens is 250 g/mol. The Morgan fingerprint density at radius 2 is 2.00 bits per heavy atom. The van der Waals surface area contributed by atoms with Crippen LogP contribution in [0.3, 0.4) is 0 Å². The van der Waals surface area contributed by atoms with E-state index in [9.17, 15) is 4.79 Å². The Labute approximate surface area is 124 Å². The van der Waals surface area contributed by atoms with E-state index in [1.54, 1.807) is 0 Å². The second-order valence-corrected chi connectivity index (χ2v) is 6.46. The molecule has 1 amide bonds. The molecule has 1 aliphatic carbocycles. The van der Waals surface area contributed by atoms with Gasteiger partial charge in [-0.2, -0.15) is 0 Å². The number of rotatable bonds is 8. The third-order valence-corrected chi connectivity index (χ3v) is 4.36. The van der Waals surface area contributed by atoms with E-state index in [0.29, 0.717) is 24.3 Å². The lowest BCUT2D eigenvalue weighted by atomic mass is 9.83. The first-order chi connectivity index (χ1) is 9.52. The van der Waals surface area contributed by atoms with Gasteiger partial charge in [0, 0.05) is 25.6 Å². The maximum absolute atomic E-state index is 12.3. The van der Waals surface area contributed by atoms with Crippen LogP contribution in [-0.4, -0.2) is 55.5 Å². The van der Waals surface area contributed by atoms with Crippen LogP contribution < -0.4 is 5.73 Å². The topological polar surface area (TPSA) is 49.6 Å². The van der Waals surface area contributed by atoms with Crippen molar-refractivity contribution in [2.45, 2.75) is 57.9 Å². The van der Waals surface area contributed by atoms with Crippen molar-refractivity contribution in [3.63, 3.8) is 0 Å². The van der Waals surface area contributed by atoms with Crippen molar-refractivity contribution >= 4 is 5.91 Å². The van der Waals surface area contributed by atoms with Gasteiger partial charge < -0.3 is 15.5 Å². The predicted octanol–water partition coefficient (Wildman–Crippen LogP) is 2.08. The van der Waals surface area contributed by atoms with Crippen LogP contribution in [0.5, 0.6) is 0 Å². The first-order valence-electron chi connectivity index (χ1n) is 8.21. The van der Waals surface area contributed by atoms with Crippen LogP contribution in [0.4, 0.5) is 0 Å². The van der Waals surface area contributed by atoms with E-state index in [4.69, 9.17) is 5.73 Å². The van der Waals surface area contributed by atoms with E-state index in [1.807, 2.05) is 4.90 Å². The molecular formula is C16H33N3O. The van der Waals surface area contributed by atoms with Crippen molar-refractivity contribution in [3.05, 3.63) is 0 Å². The lowest BCUT2D eigenvalue weighted by molar-refractivity contribution is -0.131. The summed E-state index contributed by atoms with van der Waals surface area (Å²) < 4.78 is 0. The zero-order valence-corrected chi connectivity index (χ0v) is 13.6. The Bertz CT molecular complexity index is 281. The highest BCUT2D eigenvalue weighted by molar-refractivity contribution is 5.76. The van der Waals surface area contributed by atoms with Gasteiger partial charge in [-0.25, -0.2) is 0 Å². The average Bonchev–Trinajstić information content (AvgIpc) is 2.41. The fraction of sp³-hybridized carbons (Fsp3) is 0.938. The highest BCUT2D eigenvalue weighted by Gasteiger charge is 2.21. The number of carbonyl (C=O) groups is 1. The highest BCUT2D eigenvalue weighted by Crippen LogP contribution is 2.27. The molecule has 4 heteroatoms. The molecule has 0 radical (unpaired) electrons. The van der Waals surface area contributed by atoms with Gasteiger partial charge in [0.25, 0.3) is 0 Å². The van der Waals surface area contributed by atoms with E-state index in [2.05, 4.69) is 25.9 Å². The van der Waals surface area contributed by atoms with E-state index < -0.39 is 0 Å². The Morgan fingerprint density at radius 1 is 1.25 bits per heavy atom. The van der Waals surface area contributed by atoms with Crippen LogP contribution in [0, 0.1) is 5.92 Å². The molecule has 1 aliphatic rings. The second-order valence-electron chi connectivity index (χ2n) is 6.46. The van der Waals surface area contributed by atoms with Crippen molar-refractivity contribution in [2.24, 2.45) is 11.7 Å². The van der Waals surface area contributed by atoms with Crippen molar-refractivity contribution in [1.29, 1.82) is 0 Å². The minimum absolute atomic E-state index is 0.324. The largest absolute Gasteiger partial charge is 0.343 e. The fourth-order valence-corrected chi connectivity index (χ4v) is 3.12. The molecule has 0 heterocycles. The smallest absolute Gasteiger partial charge is 0.222 e. The van der Waals surface area contributed by atoms with Crippen LogP contribution in [-0.2, 0) is 4.79 Å². The monoisotopic (exact) mass is 283 g/mol. The quantitative estimate of drug-likeness (QED) is 0.742. The minimum atomic E-state index is 0.324. The fourth-order valence-electron chi connectivity index (χ4n) is 3.12. The van der Waals surface area contributed by atoms with E-state index in [0.717, 1.165) is 45.3 Å². The van der Waals surface area contributed by atoms with Crippen LogP contribution in [0.1, 0.15) is 51.9 Å². The molecule has 118 valence electrons. The van der Waals surface area contributed by atoms with Gasteiger partial charge in [-0.15, -0.1) is 0 Å². The lowest BCUT2D eigenvalue weighted by Crippen LogP contribution is -2.34. The zero-order chi connectivity index (χ0) is 15.0. The van der Waals surface area contributed by atoms with E-state index in [1.165, 1.54) is 12.8 Å². The van der Waals surface area contributed by atoms with Crippen LogP contribution in [0.15, 0.2) is 0 Å². The average molecular weight is 283 g/mol. The maximum Gasteiger partial charge on any atom is 0.222 e. The molecule has 2 unspecified atom stereocenters. The van der Waals surface area contributed by atoms with Crippen molar-refractivity contribution in [2.75, 3.05) is 33.7 Å². The predicted molar refractivity (Wildman–Crippen MR) is 84.6 cm³/mol. The normalized spacial score (nSPS) is 23.1. The molecule has 0 aromatic heterocycles. The van der Waals surface area contributed by atoms with Crippen LogP contribution in [0.25, 0.3) is 0 Å². The summed E-state index contributed by atoms with van der Waals surface area (Å²) in [6.07, 6.45) is 7.55. The Hall–Kier alpha value is -0.610. The maximum atomic E-state index is 12.3. The van der Waals surface area contributed by atoms with Crippen LogP contribution in [0.2, 0.25) is 0 Å². The summed E-state index contributed by atoms with van der Waals surface area (Å²) in [6.45, 7) is 4.83. The molecule has 4 nitrogen and oxygen atoms in total. The van der Waals surface area contributed by atoms with Crippen molar-refractivity contribution in [1.82, 2.24) is 9.80 Å². The molecule has 20 heavy (non-hydrogen) atoms. The molecule has 0 aliphatic heterocycles. The number of carbonyl (C=O) groups excluding carboxylic acids is 1. The summed E-state index contributed by atoms with van der Waals surface area (Å²) in [5, 5.41) is 0. The van der Waals surface area contributed by atoms with Gasteiger partial charge in [0.15, 0.2) is 0 Å². The minimum Gasteiger partial charge on any atom is -0.343 e. The molecule has 2 N–H and O–H groups in total. The summed E-state index contributed by atoms with van der Waals surface area (Å²) in [6, 6.07) is 0.367. The molecule has 0 spiro atoms. The second kappa shape index (κ2) is 9.35. The first kappa shape index (κ1) is 17.4. The summed E-state index contributed by atoms with van der Waals surface area (Å²) in [5.41, 5.74) is 6.01. The summed E-state index contributed by atoms with van der Waals surface area (Å²) in [4.78, 5) is 16.4. The van der Waals surface area contributed by atoms with Crippen LogP contribution >= 0.6 is 0 Å². The molecule has 0 aromatic rings. The lowest BCUT2D eigenvalue weighted by Gasteiger charge is -2.27. The Morgan fingerprint density at radius 3 is 2.60 bits per heavy atom. The number of hydrogen-bond acceptors (Lipinski definition) is 3. The van der Waals surface area contributed by atoms with Crippen molar-refractivity contribution < 1.29 is 4.79 Å². The third-order valence-electron chi connectivity index (χ3n) is 4.36. The van der Waals surface area contributed by atoms with Gasteiger partial charge in [-0.3, -0.25) is 4.79 Å². The number of hydrogen-bond donors (Lipinski definition) is 1. The molecule has 2 atom stereocenters. The SMILES string of the molecule is CCN(CCCN(C)C)C(=O)CCC1CCCC(N)C1. The van der Waals surface area contributed by atoms with E-state index >= 15 is 0 Å². The molecule has 1 fully saturated rings. The van der Waals surface area contributed by atoms with Gasteiger partial charge in [-0.1, -0.05) is 12.8 Å². The Balaban J connectivity index is 2.24. The van der Waals surface area contributed by atoms with Gasteiger partial charge >= 0.3 is 0 Å². The summed E-state index contributed by atoms with van der Waals surface area (Å²) in [5.74, 6) is 0.994. The Kier molecular flexibility index (Phi) is 8.15. The molecule has 0 saturated heterocycles. The highest BCUT2D eigenvalue weighted by atomic mass is 16.2. The molecule has 0 bridgehead atoms. The van der Waals surface area contributed by atoms with Gasteiger partial charge in [0.2, 0.25) is 5.91 Å². The zero-order valence-electron chi connectivity index (χ0n) is 13.6. The van der Waals surface area contributed by atoms with E-state index in [-0.39, 0.29) is 0 Å². The number of nitrogens with zero attached hydrogens (tertiary/aromatic N) is 2. The molecule has 1 rings (SSSR count). The third kappa shape index (κ3) is 6.71. The molecule has 1 saturated carbocycles. The number of nitrogens with two attached hydrogens (primary N) is 1. The first-order valence-corrected chi connectivity index (χ1v) is 8.21.